The van der Waals surface area contributed by atoms with Gasteiger partial charge in [-0.3, -0.25) is 4.79 Å². The molecule has 1 aliphatic heterocycles. The highest BCUT2D eigenvalue weighted by Crippen LogP contribution is 2.29. The van der Waals surface area contributed by atoms with Crippen LogP contribution in [0.2, 0.25) is 0 Å². The number of carboxylic acid groups (broad SMARTS) is 1. The van der Waals surface area contributed by atoms with Crippen LogP contribution in [0, 0.1) is 0 Å². The van der Waals surface area contributed by atoms with Gasteiger partial charge in [0.15, 0.2) is 15.1 Å². The van der Waals surface area contributed by atoms with Gasteiger partial charge in [-0.25, -0.2) is 13.2 Å². The Morgan fingerprint density at radius 2 is 1.91 bits per heavy atom. The van der Waals surface area contributed by atoms with Crippen LogP contribution in [0.4, 0.5) is 4.79 Å². The Kier molecular flexibility index (Phi) is 4.65. The van der Waals surface area contributed by atoms with Gasteiger partial charge in [-0.1, -0.05) is 30.3 Å². The lowest BCUT2D eigenvalue weighted by Crippen LogP contribution is -2.61. The topological polar surface area (TPSA) is 101 Å². The molecule has 0 radical (unpaired) electrons. The number of hydrogen-bond donors (Lipinski definition) is 1. The summed E-state index contributed by atoms with van der Waals surface area (Å²) < 4.78 is 28.3. The molecule has 1 unspecified atom stereocenters. The maximum absolute atomic E-state index is 12.3. The molecule has 126 valence electrons. The SMILES string of the molecule is CC1(C)CN(C(=O)OCc2ccccc2)CC(C(=O)O)S1(=O)=O. The number of amides is 1. The molecule has 1 heterocycles. The largest absolute Gasteiger partial charge is 0.480 e. The van der Waals surface area contributed by atoms with Crippen molar-refractivity contribution in [3.8, 4) is 0 Å². The standard InChI is InChI=1S/C15H19NO6S/c1-15(2)10-16(8-12(13(17)18)23(15,20)21)14(19)22-9-11-6-4-3-5-7-11/h3-7,12H,8-10H2,1-2H3,(H,17,18). The third-order valence-electron chi connectivity index (χ3n) is 3.84. The lowest BCUT2D eigenvalue weighted by atomic mass is 10.2. The smallest absolute Gasteiger partial charge is 0.410 e. The molecule has 8 heteroatoms. The Bertz CT molecular complexity index is 698. The second kappa shape index (κ2) is 6.19. The number of carbonyl (C=O) groups excluding carboxylic acids is 1. The lowest BCUT2D eigenvalue weighted by Gasteiger charge is -2.39. The number of benzene rings is 1. The maximum Gasteiger partial charge on any atom is 0.410 e. The summed E-state index contributed by atoms with van der Waals surface area (Å²) in [5.74, 6) is -1.46. The molecule has 1 amide bonds. The van der Waals surface area contributed by atoms with E-state index in [4.69, 9.17) is 9.84 Å². The average Bonchev–Trinajstić information content (AvgIpc) is 2.48. The van der Waals surface area contributed by atoms with Gasteiger partial charge in [-0.05, 0) is 19.4 Å². The summed E-state index contributed by atoms with van der Waals surface area (Å²) in [5, 5.41) is 7.51. The molecule has 0 bridgehead atoms. The summed E-state index contributed by atoms with van der Waals surface area (Å²) >= 11 is 0. The molecule has 1 N–H and O–H groups in total. The first-order chi connectivity index (χ1) is 10.6. The summed E-state index contributed by atoms with van der Waals surface area (Å²) in [7, 11) is -3.88. The van der Waals surface area contributed by atoms with E-state index in [1.807, 2.05) is 6.07 Å². The fourth-order valence-electron chi connectivity index (χ4n) is 2.46. The summed E-state index contributed by atoms with van der Waals surface area (Å²) in [4.78, 5) is 24.5. The van der Waals surface area contributed by atoms with Crippen molar-refractivity contribution in [2.24, 2.45) is 0 Å². The van der Waals surface area contributed by atoms with Gasteiger partial charge < -0.3 is 14.7 Å². The molecule has 1 fully saturated rings. The number of hydrogen-bond acceptors (Lipinski definition) is 5. The Labute approximate surface area is 134 Å². The van der Waals surface area contributed by atoms with Crippen molar-refractivity contribution in [3.63, 3.8) is 0 Å². The summed E-state index contributed by atoms with van der Waals surface area (Å²) in [5.41, 5.74) is 0.791. The van der Waals surface area contributed by atoms with E-state index in [0.29, 0.717) is 0 Å². The van der Waals surface area contributed by atoms with Crippen LogP contribution in [0.15, 0.2) is 30.3 Å². The molecule has 1 aromatic rings. The molecule has 1 saturated heterocycles. The van der Waals surface area contributed by atoms with Crippen LogP contribution in [0.1, 0.15) is 19.4 Å². The molecule has 1 atom stereocenters. The lowest BCUT2D eigenvalue weighted by molar-refractivity contribution is -0.137. The second-order valence-electron chi connectivity index (χ2n) is 6.05. The van der Waals surface area contributed by atoms with E-state index in [9.17, 15) is 18.0 Å². The Hall–Kier alpha value is -2.09. The predicted octanol–water partition coefficient (Wildman–Crippen LogP) is 1.29. The van der Waals surface area contributed by atoms with Crippen molar-refractivity contribution in [1.82, 2.24) is 4.90 Å². The molecule has 0 aliphatic carbocycles. The Balaban J connectivity index is 2.11. The van der Waals surface area contributed by atoms with E-state index in [2.05, 4.69) is 0 Å². The minimum Gasteiger partial charge on any atom is -0.480 e. The number of carbonyl (C=O) groups is 2. The zero-order valence-corrected chi connectivity index (χ0v) is 13.7. The molecule has 0 saturated carbocycles. The summed E-state index contributed by atoms with van der Waals surface area (Å²) in [6.45, 7) is 2.35. The zero-order chi connectivity index (χ0) is 17.3. The van der Waals surface area contributed by atoms with Crippen molar-refractivity contribution >= 4 is 21.9 Å². The van der Waals surface area contributed by atoms with Gasteiger partial charge >= 0.3 is 12.1 Å². The molecular weight excluding hydrogens is 322 g/mol. The second-order valence-corrected chi connectivity index (χ2v) is 8.82. The number of rotatable bonds is 3. The van der Waals surface area contributed by atoms with Gasteiger partial charge in [-0.15, -0.1) is 0 Å². The van der Waals surface area contributed by atoms with Gasteiger partial charge in [0, 0.05) is 6.54 Å². The van der Waals surface area contributed by atoms with Gasteiger partial charge in [0.2, 0.25) is 0 Å². The highest BCUT2D eigenvalue weighted by molar-refractivity contribution is 7.94. The fraction of sp³-hybridized carbons (Fsp3) is 0.467. The van der Waals surface area contributed by atoms with Crippen LogP contribution in [0.5, 0.6) is 0 Å². The van der Waals surface area contributed by atoms with Crippen molar-refractivity contribution < 1.29 is 27.9 Å². The number of nitrogens with zero attached hydrogens (tertiary/aromatic N) is 1. The van der Waals surface area contributed by atoms with Crippen molar-refractivity contribution in [3.05, 3.63) is 35.9 Å². The molecular formula is C15H19NO6S. The van der Waals surface area contributed by atoms with Gasteiger partial charge in [-0.2, -0.15) is 0 Å². The van der Waals surface area contributed by atoms with E-state index in [1.54, 1.807) is 24.3 Å². The first-order valence-electron chi connectivity index (χ1n) is 7.07. The van der Waals surface area contributed by atoms with E-state index in [1.165, 1.54) is 13.8 Å². The van der Waals surface area contributed by atoms with E-state index < -0.39 is 38.4 Å². The van der Waals surface area contributed by atoms with Gasteiger partial charge in [0.05, 0.1) is 11.3 Å². The normalized spacial score (nSPS) is 22.3. The van der Waals surface area contributed by atoms with Gasteiger partial charge in [0.1, 0.15) is 6.61 Å². The van der Waals surface area contributed by atoms with Crippen LogP contribution in [-0.2, 0) is 26.0 Å². The number of carboxylic acids is 1. The minimum absolute atomic E-state index is 0.0427. The predicted molar refractivity (Wildman–Crippen MR) is 82.6 cm³/mol. The van der Waals surface area contributed by atoms with Crippen molar-refractivity contribution in [2.45, 2.75) is 30.5 Å². The van der Waals surface area contributed by atoms with E-state index in [-0.39, 0.29) is 13.2 Å². The monoisotopic (exact) mass is 341 g/mol. The third kappa shape index (κ3) is 3.47. The van der Waals surface area contributed by atoms with Gasteiger partial charge in [0.25, 0.3) is 0 Å². The minimum atomic E-state index is -3.88. The van der Waals surface area contributed by atoms with E-state index in [0.717, 1.165) is 10.5 Å². The fourth-order valence-corrected chi connectivity index (χ4v) is 4.21. The number of aliphatic carboxylic acids is 1. The first-order valence-corrected chi connectivity index (χ1v) is 8.61. The summed E-state index contributed by atoms with van der Waals surface area (Å²) in [6, 6.07) is 9.02. The first kappa shape index (κ1) is 17.3. The van der Waals surface area contributed by atoms with E-state index >= 15 is 0 Å². The molecule has 0 spiro atoms. The van der Waals surface area contributed by atoms with Crippen molar-refractivity contribution in [2.75, 3.05) is 13.1 Å². The zero-order valence-electron chi connectivity index (χ0n) is 12.9. The molecule has 1 aliphatic rings. The summed E-state index contributed by atoms with van der Waals surface area (Å²) in [6.07, 6.45) is -0.719. The molecule has 7 nitrogen and oxygen atoms in total. The van der Waals surface area contributed by atoms with Crippen LogP contribution in [0.25, 0.3) is 0 Å². The molecule has 23 heavy (non-hydrogen) atoms. The van der Waals surface area contributed by atoms with Crippen LogP contribution < -0.4 is 0 Å². The molecule has 2 rings (SSSR count). The third-order valence-corrected chi connectivity index (χ3v) is 6.61. The highest BCUT2D eigenvalue weighted by Gasteiger charge is 2.51. The Morgan fingerprint density at radius 1 is 1.30 bits per heavy atom. The Morgan fingerprint density at radius 3 is 2.48 bits per heavy atom. The maximum atomic E-state index is 12.3. The molecule has 1 aromatic carbocycles. The number of sulfone groups is 1. The van der Waals surface area contributed by atoms with Crippen LogP contribution >= 0.6 is 0 Å². The quantitative estimate of drug-likeness (QED) is 0.889. The van der Waals surface area contributed by atoms with Crippen LogP contribution in [0.3, 0.4) is 0 Å². The highest BCUT2D eigenvalue weighted by atomic mass is 32.2. The average molecular weight is 341 g/mol. The molecule has 0 aromatic heterocycles. The number of ether oxygens (including phenoxy) is 1. The van der Waals surface area contributed by atoms with Crippen molar-refractivity contribution in [1.29, 1.82) is 0 Å². The van der Waals surface area contributed by atoms with Crippen LogP contribution in [-0.4, -0.2) is 53.6 Å².